The van der Waals surface area contributed by atoms with Crippen molar-refractivity contribution >= 4 is 5.78 Å². The summed E-state index contributed by atoms with van der Waals surface area (Å²) in [7, 11) is 0. The van der Waals surface area contributed by atoms with Crippen LogP contribution in [0.25, 0.3) is 0 Å². The Morgan fingerprint density at radius 3 is 2.72 bits per heavy atom. The van der Waals surface area contributed by atoms with E-state index < -0.39 is 0 Å². The van der Waals surface area contributed by atoms with Gasteiger partial charge in [-0.05, 0) is 24.1 Å². The standard InChI is InChI=1S/C15H18O3/c1-2-11-12(9-13(11)16)10-4-5-14-15(8-10)18-7-3-6-17-14/h4-5,8,11-12H,2-3,6-7,9H2,1H3. The first kappa shape index (κ1) is 11.6. The zero-order chi connectivity index (χ0) is 12.5. The third kappa shape index (κ3) is 1.88. The van der Waals surface area contributed by atoms with Crippen LogP contribution >= 0.6 is 0 Å². The number of carbonyl (C=O) groups is 1. The van der Waals surface area contributed by atoms with E-state index in [1.807, 2.05) is 6.07 Å². The fourth-order valence-electron chi connectivity index (χ4n) is 2.85. The van der Waals surface area contributed by atoms with Crippen LogP contribution in [-0.2, 0) is 4.79 Å². The molecule has 3 rings (SSSR count). The van der Waals surface area contributed by atoms with Crippen molar-refractivity contribution in [2.75, 3.05) is 13.2 Å². The summed E-state index contributed by atoms with van der Waals surface area (Å²) >= 11 is 0. The number of rotatable bonds is 2. The maximum Gasteiger partial charge on any atom is 0.161 e. The van der Waals surface area contributed by atoms with Crippen LogP contribution in [0.4, 0.5) is 0 Å². The van der Waals surface area contributed by atoms with Gasteiger partial charge in [-0.25, -0.2) is 0 Å². The highest BCUT2D eigenvalue weighted by atomic mass is 16.5. The lowest BCUT2D eigenvalue weighted by molar-refractivity contribution is -0.131. The van der Waals surface area contributed by atoms with E-state index in [4.69, 9.17) is 9.47 Å². The van der Waals surface area contributed by atoms with Crippen LogP contribution in [0.3, 0.4) is 0 Å². The zero-order valence-electron chi connectivity index (χ0n) is 10.6. The van der Waals surface area contributed by atoms with E-state index in [1.54, 1.807) is 0 Å². The number of hydrogen-bond acceptors (Lipinski definition) is 3. The molecule has 1 aromatic rings. The van der Waals surface area contributed by atoms with E-state index in [1.165, 1.54) is 5.56 Å². The number of ether oxygens (including phenoxy) is 2. The largest absolute Gasteiger partial charge is 0.490 e. The molecule has 0 amide bonds. The van der Waals surface area contributed by atoms with Crippen molar-refractivity contribution in [3.63, 3.8) is 0 Å². The molecule has 96 valence electrons. The van der Waals surface area contributed by atoms with Gasteiger partial charge >= 0.3 is 0 Å². The van der Waals surface area contributed by atoms with Crippen LogP contribution in [0.2, 0.25) is 0 Å². The van der Waals surface area contributed by atoms with Gasteiger partial charge < -0.3 is 9.47 Å². The smallest absolute Gasteiger partial charge is 0.161 e. The van der Waals surface area contributed by atoms with Gasteiger partial charge in [-0.3, -0.25) is 4.79 Å². The third-order valence-electron chi connectivity index (χ3n) is 3.96. The van der Waals surface area contributed by atoms with Crippen molar-refractivity contribution in [3.05, 3.63) is 23.8 Å². The molecule has 1 heterocycles. The van der Waals surface area contributed by atoms with Gasteiger partial charge in [0.2, 0.25) is 0 Å². The zero-order valence-corrected chi connectivity index (χ0v) is 10.6. The maximum atomic E-state index is 11.5. The van der Waals surface area contributed by atoms with Crippen molar-refractivity contribution < 1.29 is 14.3 Å². The van der Waals surface area contributed by atoms with Gasteiger partial charge in [0.05, 0.1) is 13.2 Å². The summed E-state index contributed by atoms with van der Waals surface area (Å²) in [5.74, 6) is 2.64. The molecule has 1 aromatic carbocycles. The Balaban J connectivity index is 1.86. The summed E-state index contributed by atoms with van der Waals surface area (Å²) in [4.78, 5) is 11.5. The molecule has 2 atom stereocenters. The summed E-state index contributed by atoms with van der Waals surface area (Å²) < 4.78 is 11.3. The van der Waals surface area contributed by atoms with Crippen LogP contribution in [0, 0.1) is 5.92 Å². The second-order valence-electron chi connectivity index (χ2n) is 5.05. The molecular weight excluding hydrogens is 228 g/mol. The fraction of sp³-hybridized carbons (Fsp3) is 0.533. The highest BCUT2D eigenvalue weighted by Crippen LogP contribution is 2.44. The Morgan fingerprint density at radius 1 is 1.22 bits per heavy atom. The molecule has 1 aliphatic heterocycles. The first-order chi connectivity index (χ1) is 8.79. The van der Waals surface area contributed by atoms with Crippen LogP contribution in [0.1, 0.15) is 37.7 Å². The van der Waals surface area contributed by atoms with Gasteiger partial charge in [0.1, 0.15) is 5.78 Å². The number of Topliss-reactive ketones (excluding diaryl/α,β-unsaturated/α-hetero) is 1. The van der Waals surface area contributed by atoms with E-state index in [9.17, 15) is 4.79 Å². The molecule has 0 N–H and O–H groups in total. The molecule has 2 unspecified atom stereocenters. The minimum atomic E-state index is 0.203. The normalized spacial score (nSPS) is 26.4. The maximum absolute atomic E-state index is 11.5. The first-order valence-electron chi connectivity index (χ1n) is 6.72. The van der Waals surface area contributed by atoms with Crippen LogP contribution in [-0.4, -0.2) is 19.0 Å². The molecule has 0 saturated heterocycles. The van der Waals surface area contributed by atoms with Crippen molar-refractivity contribution in [2.45, 2.75) is 32.1 Å². The number of ketones is 1. The lowest BCUT2D eigenvalue weighted by Crippen LogP contribution is -2.34. The van der Waals surface area contributed by atoms with E-state index in [2.05, 4.69) is 19.1 Å². The van der Waals surface area contributed by atoms with Gasteiger partial charge in [-0.1, -0.05) is 13.0 Å². The van der Waals surface area contributed by atoms with E-state index >= 15 is 0 Å². The van der Waals surface area contributed by atoms with Crippen molar-refractivity contribution in [3.8, 4) is 11.5 Å². The minimum absolute atomic E-state index is 0.203. The molecule has 3 nitrogen and oxygen atoms in total. The molecule has 1 aliphatic carbocycles. The Kier molecular flexibility index (Phi) is 2.98. The minimum Gasteiger partial charge on any atom is -0.490 e. The predicted molar refractivity (Wildman–Crippen MR) is 68.2 cm³/mol. The molecule has 1 fully saturated rings. The summed E-state index contributed by atoms with van der Waals surface area (Å²) in [5, 5.41) is 0. The summed E-state index contributed by atoms with van der Waals surface area (Å²) in [6.07, 6.45) is 2.53. The molecule has 2 aliphatic rings. The van der Waals surface area contributed by atoms with E-state index in [0.717, 1.165) is 24.3 Å². The van der Waals surface area contributed by atoms with Crippen molar-refractivity contribution in [1.82, 2.24) is 0 Å². The Hall–Kier alpha value is -1.51. The van der Waals surface area contributed by atoms with Crippen molar-refractivity contribution in [1.29, 1.82) is 0 Å². The lowest BCUT2D eigenvalue weighted by atomic mass is 9.68. The molecule has 0 spiro atoms. The van der Waals surface area contributed by atoms with Gasteiger partial charge in [-0.15, -0.1) is 0 Å². The molecule has 0 bridgehead atoms. The topological polar surface area (TPSA) is 35.5 Å². The molecule has 0 radical (unpaired) electrons. The number of carbonyl (C=O) groups excluding carboxylic acids is 1. The average Bonchev–Trinajstić information content (AvgIpc) is 2.60. The van der Waals surface area contributed by atoms with Gasteiger partial charge in [0.15, 0.2) is 11.5 Å². The van der Waals surface area contributed by atoms with Crippen LogP contribution in [0.15, 0.2) is 18.2 Å². The third-order valence-corrected chi connectivity index (χ3v) is 3.96. The fourth-order valence-corrected chi connectivity index (χ4v) is 2.85. The summed E-state index contributed by atoms with van der Waals surface area (Å²) in [5.41, 5.74) is 1.21. The predicted octanol–water partition coefficient (Wildman–Crippen LogP) is 2.93. The van der Waals surface area contributed by atoms with Gasteiger partial charge in [0, 0.05) is 24.7 Å². The molecular formula is C15H18O3. The molecule has 0 aromatic heterocycles. The lowest BCUT2D eigenvalue weighted by Gasteiger charge is -2.34. The second kappa shape index (κ2) is 4.63. The Morgan fingerprint density at radius 2 is 2.00 bits per heavy atom. The monoisotopic (exact) mass is 246 g/mol. The number of fused-ring (bicyclic) bond motifs is 1. The summed E-state index contributed by atoms with van der Waals surface area (Å²) in [6.45, 7) is 3.50. The SMILES string of the molecule is CCC1C(=O)CC1c1ccc2c(c1)OCCCO2. The highest BCUT2D eigenvalue weighted by Gasteiger charge is 2.39. The highest BCUT2D eigenvalue weighted by molar-refractivity contribution is 5.89. The van der Waals surface area contributed by atoms with Crippen molar-refractivity contribution in [2.24, 2.45) is 5.92 Å². The molecule has 1 saturated carbocycles. The number of hydrogen-bond donors (Lipinski definition) is 0. The van der Waals surface area contributed by atoms with Gasteiger partial charge in [0.25, 0.3) is 0 Å². The first-order valence-corrected chi connectivity index (χ1v) is 6.72. The second-order valence-corrected chi connectivity index (χ2v) is 5.05. The quantitative estimate of drug-likeness (QED) is 0.804. The van der Waals surface area contributed by atoms with Gasteiger partial charge in [-0.2, -0.15) is 0 Å². The molecule has 18 heavy (non-hydrogen) atoms. The average molecular weight is 246 g/mol. The Labute approximate surface area is 107 Å². The number of benzene rings is 1. The van der Waals surface area contributed by atoms with E-state index in [0.29, 0.717) is 31.3 Å². The van der Waals surface area contributed by atoms with Crippen LogP contribution < -0.4 is 9.47 Å². The molecule has 3 heteroatoms. The Bertz CT molecular complexity index is 467. The summed E-state index contributed by atoms with van der Waals surface area (Å²) in [6, 6.07) is 6.11. The van der Waals surface area contributed by atoms with E-state index in [-0.39, 0.29) is 5.92 Å². The van der Waals surface area contributed by atoms with Crippen LogP contribution in [0.5, 0.6) is 11.5 Å².